The number of amides is 1. The zero-order valence-corrected chi connectivity index (χ0v) is 15.8. The van der Waals surface area contributed by atoms with Gasteiger partial charge in [0.15, 0.2) is 0 Å². The fourth-order valence-corrected chi connectivity index (χ4v) is 4.05. The molecule has 3 aromatic rings. The molecule has 0 aliphatic heterocycles. The van der Waals surface area contributed by atoms with Gasteiger partial charge in [0.2, 0.25) is 0 Å². The molecule has 2 aromatic heterocycles. The first-order chi connectivity index (χ1) is 12.5. The lowest BCUT2D eigenvalue weighted by molar-refractivity contribution is 0.0777. The van der Waals surface area contributed by atoms with E-state index >= 15 is 0 Å². The molecule has 0 saturated carbocycles. The van der Waals surface area contributed by atoms with Gasteiger partial charge in [-0.25, -0.2) is 9.37 Å². The molecule has 2 heterocycles. The molecule has 0 bridgehead atoms. The number of thiophene rings is 1. The van der Waals surface area contributed by atoms with Crippen molar-refractivity contribution in [2.45, 2.75) is 27.3 Å². The lowest BCUT2D eigenvalue weighted by atomic mass is 10.2. The van der Waals surface area contributed by atoms with Crippen molar-refractivity contribution in [3.05, 3.63) is 62.8 Å². The number of fused-ring (bicyclic) bond motifs is 1. The van der Waals surface area contributed by atoms with Crippen LogP contribution < -0.4 is 5.56 Å². The van der Waals surface area contributed by atoms with Gasteiger partial charge in [0, 0.05) is 18.7 Å². The predicted octanol–water partition coefficient (Wildman–Crippen LogP) is 3.44. The lowest BCUT2D eigenvalue weighted by Crippen LogP contribution is -2.30. The first kappa shape index (κ1) is 18.3. The molecule has 0 spiro atoms. The van der Waals surface area contributed by atoms with Crippen molar-refractivity contribution in [2.75, 3.05) is 13.1 Å². The summed E-state index contributed by atoms with van der Waals surface area (Å²) in [5.74, 6) is -0.450. The minimum atomic E-state index is -0.362. The van der Waals surface area contributed by atoms with E-state index in [0.29, 0.717) is 39.3 Å². The quantitative estimate of drug-likeness (QED) is 0.688. The molecule has 0 N–H and O–H groups in total. The highest BCUT2D eigenvalue weighted by atomic mass is 32.1. The molecular weight excluding hydrogens is 353 g/mol. The summed E-state index contributed by atoms with van der Waals surface area (Å²) in [6.07, 6.45) is 1.42. The van der Waals surface area contributed by atoms with Crippen LogP contribution in [0.3, 0.4) is 0 Å². The molecule has 0 aliphatic carbocycles. The second-order valence-electron chi connectivity index (χ2n) is 5.98. The molecule has 0 aliphatic rings. The number of rotatable bonds is 5. The van der Waals surface area contributed by atoms with Gasteiger partial charge in [-0.05, 0) is 32.4 Å². The smallest absolute Gasteiger partial charge is 0.264 e. The van der Waals surface area contributed by atoms with E-state index in [0.717, 1.165) is 0 Å². The van der Waals surface area contributed by atoms with E-state index in [9.17, 15) is 14.0 Å². The van der Waals surface area contributed by atoms with Crippen LogP contribution in [0.5, 0.6) is 0 Å². The van der Waals surface area contributed by atoms with Gasteiger partial charge >= 0.3 is 0 Å². The molecule has 0 atom stereocenters. The topological polar surface area (TPSA) is 55.2 Å². The van der Waals surface area contributed by atoms with Crippen molar-refractivity contribution in [3.63, 3.8) is 0 Å². The maximum absolute atomic E-state index is 13.9. The van der Waals surface area contributed by atoms with Crippen LogP contribution >= 0.6 is 11.3 Å². The van der Waals surface area contributed by atoms with Crippen LogP contribution in [0.25, 0.3) is 10.2 Å². The van der Waals surface area contributed by atoms with Gasteiger partial charge in [-0.1, -0.05) is 18.2 Å². The average Bonchev–Trinajstić information content (AvgIpc) is 2.97. The summed E-state index contributed by atoms with van der Waals surface area (Å²) in [6.45, 7) is 6.92. The number of nitrogens with zero attached hydrogens (tertiary/aromatic N) is 3. The third-order valence-corrected chi connectivity index (χ3v) is 5.65. The largest absolute Gasteiger partial charge is 0.338 e. The fourth-order valence-electron chi connectivity index (χ4n) is 2.94. The Hall–Kier alpha value is -2.54. The van der Waals surface area contributed by atoms with Gasteiger partial charge in [0.05, 0.1) is 23.1 Å². The number of aryl methyl sites for hydroxylation is 1. The highest BCUT2D eigenvalue weighted by molar-refractivity contribution is 7.20. The second-order valence-corrected chi connectivity index (χ2v) is 6.98. The van der Waals surface area contributed by atoms with Crippen molar-refractivity contribution in [3.8, 4) is 0 Å². The van der Waals surface area contributed by atoms with Crippen LogP contribution in [0, 0.1) is 12.7 Å². The summed E-state index contributed by atoms with van der Waals surface area (Å²) in [6, 6.07) is 6.34. The van der Waals surface area contributed by atoms with Crippen LogP contribution in [-0.2, 0) is 6.54 Å². The molecule has 1 amide bonds. The van der Waals surface area contributed by atoms with Crippen LogP contribution in [0.1, 0.15) is 34.6 Å². The Bertz CT molecular complexity index is 1020. The van der Waals surface area contributed by atoms with Crippen LogP contribution in [0.15, 0.2) is 35.4 Å². The minimum absolute atomic E-state index is 0.0875. The summed E-state index contributed by atoms with van der Waals surface area (Å²) < 4.78 is 15.3. The SMILES string of the molecule is CCN(CC)C(=O)c1sc2ncn(Cc3ccccc3F)c(=O)c2c1C. The van der Waals surface area contributed by atoms with Crippen LogP contribution in [0.2, 0.25) is 0 Å². The Morgan fingerprint density at radius 1 is 1.27 bits per heavy atom. The van der Waals surface area contributed by atoms with Gasteiger partial charge in [-0.3, -0.25) is 14.2 Å². The zero-order chi connectivity index (χ0) is 18.8. The summed E-state index contributed by atoms with van der Waals surface area (Å²) >= 11 is 1.23. The van der Waals surface area contributed by atoms with E-state index in [-0.39, 0.29) is 23.8 Å². The van der Waals surface area contributed by atoms with E-state index in [1.807, 2.05) is 13.8 Å². The van der Waals surface area contributed by atoms with E-state index in [1.54, 1.807) is 30.0 Å². The summed E-state index contributed by atoms with van der Waals surface area (Å²) in [5, 5.41) is 0.435. The number of benzene rings is 1. The maximum atomic E-state index is 13.9. The molecule has 0 radical (unpaired) electrons. The van der Waals surface area contributed by atoms with Crippen molar-refractivity contribution in [1.29, 1.82) is 0 Å². The summed E-state index contributed by atoms with van der Waals surface area (Å²) in [5.41, 5.74) is 0.802. The molecule has 3 rings (SSSR count). The molecule has 26 heavy (non-hydrogen) atoms. The Kier molecular flexibility index (Phi) is 5.18. The van der Waals surface area contributed by atoms with Gasteiger partial charge in [-0.15, -0.1) is 11.3 Å². The Balaban J connectivity index is 2.07. The van der Waals surface area contributed by atoms with Gasteiger partial charge in [0.1, 0.15) is 10.6 Å². The van der Waals surface area contributed by atoms with E-state index < -0.39 is 0 Å². The molecule has 0 saturated heterocycles. The van der Waals surface area contributed by atoms with Crippen molar-refractivity contribution >= 4 is 27.5 Å². The number of hydrogen-bond donors (Lipinski definition) is 0. The van der Waals surface area contributed by atoms with E-state index in [2.05, 4.69) is 4.98 Å². The summed E-state index contributed by atoms with van der Waals surface area (Å²) in [4.78, 5) is 32.7. The molecular formula is C19H20FN3O2S. The third kappa shape index (κ3) is 3.14. The number of halogens is 1. The maximum Gasteiger partial charge on any atom is 0.264 e. The third-order valence-electron chi connectivity index (χ3n) is 4.46. The first-order valence-corrected chi connectivity index (χ1v) is 9.30. The molecule has 0 unspecified atom stereocenters. The normalized spacial score (nSPS) is 11.1. The van der Waals surface area contributed by atoms with E-state index in [4.69, 9.17) is 0 Å². The average molecular weight is 373 g/mol. The molecule has 136 valence electrons. The van der Waals surface area contributed by atoms with Crippen molar-refractivity contribution in [1.82, 2.24) is 14.5 Å². The number of carbonyl (C=O) groups excluding carboxylic acids is 1. The Morgan fingerprint density at radius 2 is 1.96 bits per heavy atom. The fraction of sp³-hybridized carbons (Fsp3) is 0.316. The molecule has 5 nitrogen and oxygen atoms in total. The highest BCUT2D eigenvalue weighted by Crippen LogP contribution is 2.28. The summed E-state index contributed by atoms with van der Waals surface area (Å²) in [7, 11) is 0. The molecule has 7 heteroatoms. The molecule has 1 aromatic carbocycles. The number of aromatic nitrogens is 2. The van der Waals surface area contributed by atoms with E-state index in [1.165, 1.54) is 28.3 Å². The highest BCUT2D eigenvalue weighted by Gasteiger charge is 2.22. The first-order valence-electron chi connectivity index (χ1n) is 8.49. The second kappa shape index (κ2) is 7.37. The van der Waals surface area contributed by atoms with Gasteiger partial charge in [0.25, 0.3) is 11.5 Å². The van der Waals surface area contributed by atoms with Crippen LogP contribution in [0.4, 0.5) is 4.39 Å². The monoisotopic (exact) mass is 373 g/mol. The zero-order valence-electron chi connectivity index (χ0n) is 15.0. The number of carbonyl (C=O) groups is 1. The Morgan fingerprint density at radius 3 is 2.62 bits per heavy atom. The van der Waals surface area contributed by atoms with Gasteiger partial charge < -0.3 is 4.90 Å². The van der Waals surface area contributed by atoms with Crippen LogP contribution in [-0.4, -0.2) is 33.4 Å². The lowest BCUT2D eigenvalue weighted by Gasteiger charge is -2.17. The van der Waals surface area contributed by atoms with Gasteiger partial charge in [-0.2, -0.15) is 0 Å². The van der Waals surface area contributed by atoms with Crippen molar-refractivity contribution in [2.24, 2.45) is 0 Å². The number of hydrogen-bond acceptors (Lipinski definition) is 4. The predicted molar refractivity (Wildman–Crippen MR) is 101 cm³/mol. The molecule has 0 fully saturated rings. The Labute approximate surface area is 154 Å². The standard InChI is InChI=1S/C19H20FN3O2S/c1-4-22(5-2)19(25)16-12(3)15-17(26-16)21-11-23(18(15)24)10-13-8-6-7-9-14(13)20/h6-9,11H,4-5,10H2,1-3H3. The van der Waals surface area contributed by atoms with Crippen molar-refractivity contribution < 1.29 is 9.18 Å². The minimum Gasteiger partial charge on any atom is -0.338 e.